The van der Waals surface area contributed by atoms with Crippen LogP contribution in [0.15, 0.2) is 47.1 Å². The van der Waals surface area contributed by atoms with Crippen molar-refractivity contribution in [1.29, 1.82) is 0 Å². The molecule has 0 radical (unpaired) electrons. The van der Waals surface area contributed by atoms with Gasteiger partial charge >= 0.3 is 6.61 Å². The van der Waals surface area contributed by atoms with Crippen molar-refractivity contribution < 1.29 is 27.5 Å². The van der Waals surface area contributed by atoms with Crippen molar-refractivity contribution in [3.05, 3.63) is 48.4 Å². The first-order valence-corrected chi connectivity index (χ1v) is 8.42. The molecule has 0 spiro atoms. The predicted octanol–water partition coefficient (Wildman–Crippen LogP) is 2.28. The SMILES string of the molecule is O=C(CN1CCN(C(=O)c2ccco2)CC1)Nc1ccccc1OC(F)F. The third-order valence-electron chi connectivity index (χ3n) is 4.14. The van der Waals surface area contributed by atoms with Crippen molar-refractivity contribution in [3.8, 4) is 5.75 Å². The Morgan fingerprint density at radius 1 is 1.11 bits per heavy atom. The summed E-state index contributed by atoms with van der Waals surface area (Å²) >= 11 is 0. The first kappa shape index (κ1) is 18.8. The number of benzene rings is 1. The Morgan fingerprint density at radius 3 is 2.52 bits per heavy atom. The van der Waals surface area contributed by atoms with Crippen molar-refractivity contribution in [1.82, 2.24) is 9.80 Å². The molecule has 1 aromatic carbocycles. The van der Waals surface area contributed by atoms with Gasteiger partial charge in [0, 0.05) is 26.2 Å². The molecular weight excluding hydrogens is 360 g/mol. The van der Waals surface area contributed by atoms with Crippen molar-refractivity contribution in [2.75, 3.05) is 38.0 Å². The standard InChI is InChI=1S/C18H19F2N3O4/c19-18(20)27-14-5-2-1-4-13(14)21-16(24)12-22-7-9-23(10-8-22)17(25)15-6-3-11-26-15/h1-6,11,18H,7-10,12H2,(H,21,24). The maximum absolute atomic E-state index is 12.4. The summed E-state index contributed by atoms with van der Waals surface area (Å²) in [6.45, 7) is -0.895. The van der Waals surface area contributed by atoms with Crippen molar-refractivity contribution in [2.45, 2.75) is 6.61 Å². The number of halogens is 2. The molecule has 3 rings (SSSR count). The van der Waals surface area contributed by atoms with E-state index in [1.165, 1.54) is 18.4 Å². The van der Waals surface area contributed by atoms with Gasteiger partial charge in [-0.25, -0.2) is 0 Å². The monoisotopic (exact) mass is 379 g/mol. The summed E-state index contributed by atoms with van der Waals surface area (Å²) in [6, 6.07) is 9.29. The molecule has 1 aromatic heterocycles. The van der Waals surface area contributed by atoms with E-state index in [9.17, 15) is 18.4 Å². The number of furan rings is 1. The molecule has 0 atom stereocenters. The first-order valence-electron chi connectivity index (χ1n) is 8.42. The van der Waals surface area contributed by atoms with Gasteiger partial charge in [0.05, 0.1) is 18.5 Å². The Morgan fingerprint density at radius 2 is 1.85 bits per heavy atom. The van der Waals surface area contributed by atoms with E-state index in [-0.39, 0.29) is 35.6 Å². The minimum atomic E-state index is -2.97. The number of carbonyl (C=O) groups excluding carboxylic acids is 2. The van der Waals surface area contributed by atoms with Crippen LogP contribution in [0.5, 0.6) is 5.75 Å². The summed E-state index contributed by atoms with van der Waals surface area (Å²) < 4.78 is 34.4. The van der Waals surface area contributed by atoms with Gasteiger partial charge < -0.3 is 19.4 Å². The summed E-state index contributed by atoms with van der Waals surface area (Å²) in [5.74, 6) is -0.320. The number of hydrogen-bond donors (Lipinski definition) is 1. The number of nitrogens with one attached hydrogen (secondary N) is 1. The van der Waals surface area contributed by atoms with Gasteiger partial charge in [0.25, 0.3) is 5.91 Å². The predicted molar refractivity (Wildman–Crippen MR) is 92.8 cm³/mol. The second-order valence-electron chi connectivity index (χ2n) is 5.97. The maximum atomic E-state index is 12.4. The van der Waals surface area contributed by atoms with Crippen LogP contribution in [-0.4, -0.2) is 60.9 Å². The number of para-hydroxylation sites is 2. The topological polar surface area (TPSA) is 75.0 Å². The minimum absolute atomic E-state index is 0.0882. The summed E-state index contributed by atoms with van der Waals surface area (Å²) in [7, 11) is 0. The average Bonchev–Trinajstić information content (AvgIpc) is 3.18. The van der Waals surface area contributed by atoms with Crippen LogP contribution in [0, 0.1) is 0 Å². The number of piperazine rings is 1. The second-order valence-corrected chi connectivity index (χ2v) is 5.97. The smallest absolute Gasteiger partial charge is 0.387 e. The molecule has 0 unspecified atom stereocenters. The van der Waals surface area contributed by atoms with Crippen molar-refractivity contribution in [3.63, 3.8) is 0 Å². The molecule has 0 saturated carbocycles. The molecule has 7 nitrogen and oxygen atoms in total. The summed E-state index contributed by atoms with van der Waals surface area (Å²) in [6.07, 6.45) is 1.45. The molecule has 1 aliphatic rings. The van der Waals surface area contributed by atoms with E-state index in [0.717, 1.165) is 0 Å². The first-order chi connectivity index (χ1) is 13.0. The molecule has 144 valence electrons. The number of anilines is 1. The van der Waals surface area contributed by atoms with Crippen LogP contribution in [0.4, 0.5) is 14.5 Å². The quantitative estimate of drug-likeness (QED) is 0.834. The molecule has 1 fully saturated rings. The Hall–Kier alpha value is -2.94. The lowest BCUT2D eigenvalue weighted by molar-refractivity contribution is -0.117. The van der Waals surface area contributed by atoms with Gasteiger partial charge in [-0.15, -0.1) is 0 Å². The van der Waals surface area contributed by atoms with Crippen LogP contribution in [-0.2, 0) is 4.79 Å². The zero-order valence-corrected chi connectivity index (χ0v) is 14.4. The second kappa shape index (κ2) is 8.63. The molecule has 1 N–H and O–H groups in total. The number of rotatable bonds is 6. The molecule has 1 aliphatic heterocycles. The lowest BCUT2D eigenvalue weighted by Crippen LogP contribution is -2.50. The molecule has 0 aliphatic carbocycles. The highest BCUT2D eigenvalue weighted by Crippen LogP contribution is 2.25. The Bertz CT molecular complexity index is 775. The number of carbonyl (C=O) groups is 2. The van der Waals surface area contributed by atoms with Crippen LogP contribution >= 0.6 is 0 Å². The van der Waals surface area contributed by atoms with E-state index >= 15 is 0 Å². The van der Waals surface area contributed by atoms with E-state index in [1.54, 1.807) is 29.2 Å². The van der Waals surface area contributed by atoms with Gasteiger partial charge in [0.15, 0.2) is 5.76 Å². The fourth-order valence-corrected chi connectivity index (χ4v) is 2.83. The molecule has 1 saturated heterocycles. The third-order valence-corrected chi connectivity index (χ3v) is 4.14. The highest BCUT2D eigenvalue weighted by Gasteiger charge is 2.24. The fourth-order valence-electron chi connectivity index (χ4n) is 2.83. The average molecular weight is 379 g/mol. The van der Waals surface area contributed by atoms with Gasteiger partial charge in [0.2, 0.25) is 5.91 Å². The van der Waals surface area contributed by atoms with Crippen molar-refractivity contribution in [2.24, 2.45) is 0 Å². The molecule has 27 heavy (non-hydrogen) atoms. The minimum Gasteiger partial charge on any atom is -0.459 e. The molecule has 9 heteroatoms. The molecule has 0 bridgehead atoms. The van der Waals surface area contributed by atoms with Gasteiger partial charge in [-0.3, -0.25) is 14.5 Å². The Kier molecular flexibility index (Phi) is 6.02. The van der Waals surface area contributed by atoms with Crippen LogP contribution < -0.4 is 10.1 Å². The van der Waals surface area contributed by atoms with E-state index in [0.29, 0.717) is 26.2 Å². The summed E-state index contributed by atoms with van der Waals surface area (Å²) in [4.78, 5) is 28.0. The zero-order valence-electron chi connectivity index (χ0n) is 14.4. The van der Waals surface area contributed by atoms with E-state index < -0.39 is 6.61 Å². The van der Waals surface area contributed by atoms with Crippen LogP contribution in [0.3, 0.4) is 0 Å². The number of hydrogen-bond acceptors (Lipinski definition) is 5. The molecule has 2 aromatic rings. The van der Waals surface area contributed by atoms with E-state index in [4.69, 9.17) is 4.42 Å². The summed E-state index contributed by atoms with van der Waals surface area (Å²) in [5, 5.41) is 2.59. The van der Waals surface area contributed by atoms with Gasteiger partial charge in [-0.1, -0.05) is 12.1 Å². The van der Waals surface area contributed by atoms with E-state index in [2.05, 4.69) is 10.1 Å². The Labute approximate surface area is 154 Å². The van der Waals surface area contributed by atoms with Crippen LogP contribution in [0.25, 0.3) is 0 Å². The van der Waals surface area contributed by atoms with Gasteiger partial charge in [0.1, 0.15) is 5.75 Å². The highest BCUT2D eigenvalue weighted by atomic mass is 19.3. The zero-order chi connectivity index (χ0) is 19.2. The maximum Gasteiger partial charge on any atom is 0.387 e. The molecular formula is C18H19F2N3O4. The summed E-state index contributed by atoms with van der Waals surface area (Å²) in [5.41, 5.74) is 0.189. The third kappa shape index (κ3) is 5.04. The normalized spacial score (nSPS) is 15.0. The number of nitrogens with zero attached hydrogens (tertiary/aromatic N) is 2. The van der Waals surface area contributed by atoms with Crippen LogP contribution in [0.1, 0.15) is 10.6 Å². The van der Waals surface area contributed by atoms with Gasteiger partial charge in [-0.2, -0.15) is 8.78 Å². The lowest BCUT2D eigenvalue weighted by atomic mass is 10.2. The van der Waals surface area contributed by atoms with Crippen molar-refractivity contribution >= 4 is 17.5 Å². The number of amides is 2. The molecule has 2 heterocycles. The van der Waals surface area contributed by atoms with Crippen LogP contribution in [0.2, 0.25) is 0 Å². The molecule has 2 amide bonds. The largest absolute Gasteiger partial charge is 0.459 e. The highest BCUT2D eigenvalue weighted by molar-refractivity contribution is 5.94. The van der Waals surface area contributed by atoms with E-state index in [1.807, 2.05) is 4.90 Å². The number of ether oxygens (including phenoxy) is 1. The lowest BCUT2D eigenvalue weighted by Gasteiger charge is -2.33. The Balaban J connectivity index is 1.49. The fraction of sp³-hybridized carbons (Fsp3) is 0.333. The number of alkyl halides is 2. The van der Waals surface area contributed by atoms with Gasteiger partial charge in [-0.05, 0) is 24.3 Å².